The van der Waals surface area contributed by atoms with Crippen LogP contribution in [0.2, 0.25) is 0 Å². The van der Waals surface area contributed by atoms with Gasteiger partial charge in [-0.15, -0.1) is 0 Å². The molecule has 0 aliphatic carbocycles. The Morgan fingerprint density at radius 2 is 2.20 bits per heavy atom. The van der Waals surface area contributed by atoms with Gasteiger partial charge >= 0.3 is 0 Å². The van der Waals surface area contributed by atoms with Crippen LogP contribution >= 0.6 is 0 Å². The Bertz CT molecular complexity index is 483. The molecule has 1 saturated heterocycles. The third-order valence-electron chi connectivity index (χ3n) is 3.59. The summed E-state index contributed by atoms with van der Waals surface area (Å²) < 4.78 is 6.47. The fourth-order valence-electron chi connectivity index (χ4n) is 2.34. The summed E-state index contributed by atoms with van der Waals surface area (Å²) in [6.07, 6.45) is 2.81. The van der Waals surface area contributed by atoms with E-state index in [1.54, 1.807) is 13.3 Å². The van der Waals surface area contributed by atoms with Gasteiger partial charge in [0, 0.05) is 26.3 Å². The number of aliphatic hydroxyl groups is 2. The number of aliphatic hydroxyl groups excluding tert-OH is 2. The summed E-state index contributed by atoms with van der Waals surface area (Å²) >= 11 is 0. The van der Waals surface area contributed by atoms with Crippen molar-refractivity contribution in [2.24, 2.45) is 0 Å². The molecular weight excluding hydrogens is 262 g/mol. The molecular formula is C13H21N3O4. The molecule has 7 heteroatoms. The second-order valence-electron chi connectivity index (χ2n) is 4.99. The molecule has 0 amide bonds. The van der Waals surface area contributed by atoms with E-state index in [1.165, 1.54) is 6.07 Å². The molecule has 1 aromatic heterocycles. The first-order valence-corrected chi connectivity index (χ1v) is 6.78. The Balaban J connectivity index is 2.04. The summed E-state index contributed by atoms with van der Waals surface area (Å²) in [6.45, 7) is 1.29. The van der Waals surface area contributed by atoms with E-state index in [9.17, 15) is 9.90 Å². The lowest BCUT2D eigenvalue weighted by atomic mass is 10.1. The molecule has 0 saturated carbocycles. The van der Waals surface area contributed by atoms with Crippen LogP contribution in [0.15, 0.2) is 17.1 Å². The minimum Gasteiger partial charge on any atom is -0.394 e. The first-order valence-electron chi connectivity index (χ1n) is 6.78. The third kappa shape index (κ3) is 3.56. The molecule has 1 unspecified atom stereocenters. The second-order valence-corrected chi connectivity index (χ2v) is 4.99. The number of piperidine rings is 1. The van der Waals surface area contributed by atoms with Gasteiger partial charge in [0.25, 0.3) is 5.56 Å². The van der Waals surface area contributed by atoms with Gasteiger partial charge < -0.3 is 19.8 Å². The van der Waals surface area contributed by atoms with Crippen molar-refractivity contribution >= 4 is 5.69 Å². The van der Waals surface area contributed by atoms with E-state index in [1.807, 2.05) is 0 Å². The van der Waals surface area contributed by atoms with Crippen molar-refractivity contribution in [1.29, 1.82) is 0 Å². The van der Waals surface area contributed by atoms with Gasteiger partial charge in [0.05, 0.1) is 37.2 Å². The lowest BCUT2D eigenvalue weighted by Gasteiger charge is -2.32. The quantitative estimate of drug-likeness (QED) is 0.736. The smallest absolute Gasteiger partial charge is 0.268 e. The van der Waals surface area contributed by atoms with E-state index in [0.29, 0.717) is 6.10 Å². The predicted octanol–water partition coefficient (Wildman–Crippen LogP) is -0.788. The number of anilines is 1. The van der Waals surface area contributed by atoms with Crippen LogP contribution in [0.25, 0.3) is 0 Å². The van der Waals surface area contributed by atoms with Crippen LogP contribution in [0.4, 0.5) is 5.69 Å². The van der Waals surface area contributed by atoms with Crippen molar-refractivity contribution < 1.29 is 14.9 Å². The zero-order valence-corrected chi connectivity index (χ0v) is 11.6. The van der Waals surface area contributed by atoms with Gasteiger partial charge in [-0.25, -0.2) is 4.68 Å². The topological polar surface area (TPSA) is 87.8 Å². The van der Waals surface area contributed by atoms with Gasteiger partial charge in [-0.05, 0) is 12.8 Å². The Morgan fingerprint density at radius 1 is 1.50 bits per heavy atom. The lowest BCUT2D eigenvalue weighted by molar-refractivity contribution is 0.0768. The first-order chi connectivity index (χ1) is 9.63. The van der Waals surface area contributed by atoms with E-state index in [4.69, 9.17) is 9.84 Å². The van der Waals surface area contributed by atoms with Crippen molar-refractivity contribution in [2.75, 3.05) is 31.7 Å². The van der Waals surface area contributed by atoms with Crippen LogP contribution in [0.5, 0.6) is 0 Å². The maximum Gasteiger partial charge on any atom is 0.268 e. The Morgan fingerprint density at radius 3 is 2.75 bits per heavy atom. The van der Waals surface area contributed by atoms with E-state index < -0.39 is 6.10 Å². The van der Waals surface area contributed by atoms with E-state index >= 15 is 0 Å². The minimum atomic E-state index is -0.969. The lowest BCUT2D eigenvalue weighted by Crippen LogP contribution is -2.38. The van der Waals surface area contributed by atoms with E-state index in [-0.39, 0.29) is 18.7 Å². The molecule has 112 valence electrons. The molecule has 1 aromatic rings. The average molecular weight is 283 g/mol. The second kappa shape index (κ2) is 6.83. The fraction of sp³-hybridized carbons (Fsp3) is 0.692. The van der Waals surface area contributed by atoms with Crippen LogP contribution in [-0.2, 0) is 11.3 Å². The normalized spacial score (nSPS) is 18.2. The highest BCUT2D eigenvalue weighted by molar-refractivity contribution is 5.43. The molecule has 0 spiro atoms. The molecule has 1 aliphatic rings. The van der Waals surface area contributed by atoms with E-state index in [0.717, 1.165) is 36.3 Å². The summed E-state index contributed by atoms with van der Waals surface area (Å²) in [5.74, 6) is 0. The zero-order valence-electron chi connectivity index (χ0n) is 11.6. The molecule has 2 N–H and O–H groups in total. The molecule has 1 fully saturated rings. The maximum absolute atomic E-state index is 11.9. The summed E-state index contributed by atoms with van der Waals surface area (Å²) in [5, 5.41) is 22.2. The van der Waals surface area contributed by atoms with Crippen LogP contribution in [0.1, 0.15) is 12.8 Å². The van der Waals surface area contributed by atoms with Crippen molar-refractivity contribution in [3.8, 4) is 0 Å². The van der Waals surface area contributed by atoms with E-state index in [2.05, 4.69) is 10.00 Å². The monoisotopic (exact) mass is 283 g/mol. The Kier molecular flexibility index (Phi) is 5.11. The number of aromatic nitrogens is 2. The number of nitrogens with zero attached hydrogens (tertiary/aromatic N) is 3. The van der Waals surface area contributed by atoms with Crippen molar-refractivity contribution in [2.45, 2.75) is 31.6 Å². The van der Waals surface area contributed by atoms with Gasteiger partial charge in [-0.2, -0.15) is 5.10 Å². The Hall–Kier alpha value is -1.44. The standard InChI is InChI=1S/C13H21N3O4/c1-20-12-2-4-15(5-3-12)10-6-13(19)16(14-7-10)8-11(18)9-17/h6-7,11-12,17-18H,2-5,8-9H2,1H3. The molecule has 0 bridgehead atoms. The van der Waals surface area contributed by atoms with Gasteiger partial charge in [0.15, 0.2) is 0 Å². The Labute approximate surface area is 117 Å². The first kappa shape index (κ1) is 15.0. The van der Waals surface area contributed by atoms with Gasteiger partial charge in [0.1, 0.15) is 0 Å². The number of hydrogen-bond donors (Lipinski definition) is 2. The zero-order chi connectivity index (χ0) is 14.5. The largest absolute Gasteiger partial charge is 0.394 e. The number of ether oxygens (including phenoxy) is 1. The highest BCUT2D eigenvalue weighted by Crippen LogP contribution is 2.18. The molecule has 2 rings (SSSR count). The van der Waals surface area contributed by atoms with Gasteiger partial charge in [-0.3, -0.25) is 4.79 Å². The third-order valence-corrected chi connectivity index (χ3v) is 3.59. The highest BCUT2D eigenvalue weighted by atomic mass is 16.5. The molecule has 0 radical (unpaired) electrons. The van der Waals surface area contributed by atoms with Crippen molar-refractivity contribution in [3.63, 3.8) is 0 Å². The SMILES string of the molecule is COC1CCN(c2cnn(CC(O)CO)c(=O)c2)CC1. The molecule has 1 aliphatic heterocycles. The van der Waals surface area contributed by atoms with Crippen LogP contribution < -0.4 is 10.5 Å². The molecule has 7 nitrogen and oxygen atoms in total. The van der Waals surface area contributed by atoms with Crippen molar-refractivity contribution in [3.05, 3.63) is 22.6 Å². The minimum absolute atomic E-state index is 0.00135. The highest BCUT2D eigenvalue weighted by Gasteiger charge is 2.19. The summed E-state index contributed by atoms with van der Waals surface area (Å²) in [4.78, 5) is 14.0. The average Bonchev–Trinajstić information content (AvgIpc) is 2.49. The van der Waals surface area contributed by atoms with Crippen LogP contribution in [-0.4, -0.2) is 59.0 Å². The summed E-state index contributed by atoms with van der Waals surface area (Å²) in [6, 6.07) is 1.52. The molecule has 20 heavy (non-hydrogen) atoms. The van der Waals surface area contributed by atoms with Crippen LogP contribution in [0.3, 0.4) is 0 Å². The fourth-order valence-corrected chi connectivity index (χ4v) is 2.34. The van der Waals surface area contributed by atoms with Crippen molar-refractivity contribution in [1.82, 2.24) is 9.78 Å². The number of hydrogen-bond acceptors (Lipinski definition) is 6. The molecule has 0 aromatic carbocycles. The summed E-state index contributed by atoms with van der Waals surface area (Å²) in [7, 11) is 1.72. The summed E-state index contributed by atoms with van der Waals surface area (Å²) in [5.41, 5.74) is 0.517. The van der Waals surface area contributed by atoms with Gasteiger partial charge in [0.2, 0.25) is 0 Å². The molecule has 1 atom stereocenters. The van der Waals surface area contributed by atoms with Gasteiger partial charge in [-0.1, -0.05) is 0 Å². The maximum atomic E-state index is 11.9. The number of methoxy groups -OCH3 is 1. The molecule has 2 heterocycles. The predicted molar refractivity (Wildman–Crippen MR) is 73.8 cm³/mol. The number of rotatable bonds is 5. The van der Waals surface area contributed by atoms with Crippen LogP contribution in [0, 0.1) is 0 Å².